The van der Waals surface area contributed by atoms with Crippen molar-refractivity contribution in [3.05, 3.63) is 64.8 Å². The Morgan fingerprint density at radius 2 is 1.67 bits per heavy atom. The molecule has 0 spiro atoms. The lowest BCUT2D eigenvalue weighted by Crippen LogP contribution is -1.97. The van der Waals surface area contributed by atoms with Gasteiger partial charge in [-0.15, -0.1) is 0 Å². The van der Waals surface area contributed by atoms with Crippen LogP contribution in [0.25, 0.3) is 16.9 Å². The van der Waals surface area contributed by atoms with Crippen LogP contribution in [0.5, 0.6) is 0 Å². The molecule has 0 atom stereocenters. The van der Waals surface area contributed by atoms with Crippen molar-refractivity contribution in [3.63, 3.8) is 0 Å². The molecule has 0 fully saturated rings. The Hall–Kier alpha value is -2.21. The van der Waals surface area contributed by atoms with Crippen LogP contribution >= 0.6 is 15.9 Å². The highest BCUT2D eigenvalue weighted by atomic mass is 79.9. The van der Waals surface area contributed by atoms with Crippen LogP contribution in [0.3, 0.4) is 0 Å². The summed E-state index contributed by atoms with van der Waals surface area (Å²) in [5.41, 5.74) is 6.66. The van der Waals surface area contributed by atoms with Gasteiger partial charge in [-0.1, -0.05) is 18.2 Å². The minimum absolute atomic E-state index is 0.0846. The number of hydrogen-bond acceptors (Lipinski definition) is 2. The molecule has 3 aromatic rings. The minimum atomic E-state index is -0.695. The number of anilines is 1. The largest absolute Gasteiger partial charge is 0.396 e. The van der Waals surface area contributed by atoms with Crippen molar-refractivity contribution in [1.82, 2.24) is 9.78 Å². The van der Waals surface area contributed by atoms with E-state index in [4.69, 9.17) is 5.73 Å². The monoisotopic (exact) mass is 349 g/mol. The number of para-hydroxylation sites is 1. The predicted molar refractivity (Wildman–Crippen MR) is 81.0 cm³/mol. The molecule has 3 nitrogen and oxygen atoms in total. The number of halogens is 3. The van der Waals surface area contributed by atoms with E-state index in [-0.39, 0.29) is 16.9 Å². The highest BCUT2D eigenvalue weighted by Crippen LogP contribution is 2.31. The van der Waals surface area contributed by atoms with Crippen LogP contribution in [0.4, 0.5) is 14.5 Å². The number of benzene rings is 2. The van der Waals surface area contributed by atoms with Gasteiger partial charge in [0.2, 0.25) is 0 Å². The Balaban J connectivity index is 2.18. The second kappa shape index (κ2) is 5.29. The molecule has 6 heteroatoms. The topological polar surface area (TPSA) is 43.8 Å². The Morgan fingerprint density at radius 1 is 1.00 bits per heavy atom. The highest BCUT2D eigenvalue weighted by molar-refractivity contribution is 9.10. The normalized spacial score (nSPS) is 10.8. The van der Waals surface area contributed by atoms with Crippen molar-refractivity contribution in [2.75, 3.05) is 5.73 Å². The molecule has 21 heavy (non-hydrogen) atoms. The van der Waals surface area contributed by atoms with Crippen LogP contribution in [0.2, 0.25) is 0 Å². The minimum Gasteiger partial charge on any atom is -0.396 e. The Kier molecular flexibility index (Phi) is 3.47. The third-order valence-corrected chi connectivity index (χ3v) is 3.71. The van der Waals surface area contributed by atoms with E-state index < -0.39 is 11.6 Å². The third-order valence-electron chi connectivity index (χ3n) is 3.04. The number of aromatic nitrogens is 2. The standard InChI is InChI=1S/C15H10BrF2N3/c16-9-4-1-2-7-13(9)21-8-12(19)15(20-21)14-10(17)5-3-6-11(14)18/h1-8H,19H2. The quantitative estimate of drug-likeness (QED) is 0.754. The summed E-state index contributed by atoms with van der Waals surface area (Å²) < 4.78 is 30.0. The average Bonchev–Trinajstić information content (AvgIpc) is 2.81. The second-order valence-corrected chi connectivity index (χ2v) is 5.28. The molecule has 0 aliphatic rings. The summed E-state index contributed by atoms with van der Waals surface area (Å²) >= 11 is 3.40. The summed E-state index contributed by atoms with van der Waals surface area (Å²) in [6.07, 6.45) is 1.53. The van der Waals surface area contributed by atoms with Gasteiger partial charge in [-0.25, -0.2) is 13.5 Å². The molecule has 0 aliphatic heterocycles. The van der Waals surface area contributed by atoms with Crippen LogP contribution in [0.1, 0.15) is 0 Å². The molecular weight excluding hydrogens is 340 g/mol. The summed E-state index contributed by atoms with van der Waals surface area (Å²) in [6.45, 7) is 0. The van der Waals surface area contributed by atoms with E-state index in [0.717, 1.165) is 10.2 Å². The molecule has 0 saturated heterocycles. The predicted octanol–water partition coefficient (Wildman–Crippen LogP) is 4.16. The molecular formula is C15H10BrF2N3. The number of nitrogens with two attached hydrogens (primary N) is 1. The maximum Gasteiger partial charge on any atom is 0.135 e. The van der Waals surface area contributed by atoms with Crippen LogP contribution in [-0.4, -0.2) is 9.78 Å². The van der Waals surface area contributed by atoms with Gasteiger partial charge in [-0.2, -0.15) is 5.10 Å². The zero-order valence-corrected chi connectivity index (χ0v) is 12.3. The van der Waals surface area contributed by atoms with Gasteiger partial charge in [-0.3, -0.25) is 0 Å². The first-order valence-electron chi connectivity index (χ1n) is 6.12. The molecule has 0 unspecified atom stereocenters. The van der Waals surface area contributed by atoms with Crippen molar-refractivity contribution in [1.29, 1.82) is 0 Å². The Labute approximate surface area is 128 Å². The third kappa shape index (κ3) is 2.42. The van der Waals surface area contributed by atoms with E-state index in [0.29, 0.717) is 0 Å². The van der Waals surface area contributed by atoms with Crippen LogP contribution in [0.15, 0.2) is 53.1 Å². The summed E-state index contributed by atoms with van der Waals surface area (Å²) in [5, 5.41) is 4.21. The van der Waals surface area contributed by atoms with Gasteiger partial charge >= 0.3 is 0 Å². The fourth-order valence-electron chi connectivity index (χ4n) is 2.07. The molecule has 2 N–H and O–H groups in total. The molecule has 2 aromatic carbocycles. The van der Waals surface area contributed by atoms with E-state index in [2.05, 4.69) is 21.0 Å². The fraction of sp³-hybridized carbons (Fsp3) is 0. The van der Waals surface area contributed by atoms with Crippen molar-refractivity contribution in [2.45, 2.75) is 0 Å². The lowest BCUT2D eigenvalue weighted by atomic mass is 10.1. The lowest BCUT2D eigenvalue weighted by Gasteiger charge is -2.04. The zero-order chi connectivity index (χ0) is 15.0. The highest BCUT2D eigenvalue weighted by Gasteiger charge is 2.18. The number of nitrogens with zero attached hydrogens (tertiary/aromatic N) is 2. The van der Waals surface area contributed by atoms with Gasteiger partial charge in [0, 0.05) is 4.47 Å². The molecule has 0 saturated carbocycles. The number of nitrogen functional groups attached to an aromatic ring is 1. The van der Waals surface area contributed by atoms with E-state index in [1.54, 1.807) is 0 Å². The molecule has 1 heterocycles. The van der Waals surface area contributed by atoms with Crippen LogP contribution < -0.4 is 5.73 Å². The first-order valence-corrected chi connectivity index (χ1v) is 6.91. The SMILES string of the molecule is Nc1cn(-c2ccccc2Br)nc1-c1c(F)cccc1F. The van der Waals surface area contributed by atoms with Gasteiger partial charge < -0.3 is 5.73 Å². The first-order chi connectivity index (χ1) is 10.1. The molecule has 0 aliphatic carbocycles. The van der Waals surface area contributed by atoms with Crippen LogP contribution in [-0.2, 0) is 0 Å². The van der Waals surface area contributed by atoms with Crippen molar-refractivity contribution >= 4 is 21.6 Å². The molecule has 0 bridgehead atoms. The number of rotatable bonds is 2. The van der Waals surface area contributed by atoms with Gasteiger partial charge in [0.15, 0.2) is 0 Å². The summed E-state index contributed by atoms with van der Waals surface area (Å²) in [7, 11) is 0. The maximum absolute atomic E-state index is 13.9. The summed E-state index contributed by atoms with van der Waals surface area (Å²) in [6, 6.07) is 11.0. The summed E-state index contributed by atoms with van der Waals surface area (Å²) in [4.78, 5) is 0. The van der Waals surface area contributed by atoms with Crippen molar-refractivity contribution in [3.8, 4) is 16.9 Å². The van der Waals surface area contributed by atoms with Gasteiger partial charge in [0.25, 0.3) is 0 Å². The van der Waals surface area contributed by atoms with Crippen LogP contribution in [0, 0.1) is 11.6 Å². The fourth-order valence-corrected chi connectivity index (χ4v) is 2.53. The smallest absolute Gasteiger partial charge is 0.135 e. The molecule has 106 valence electrons. The van der Waals surface area contributed by atoms with E-state index in [1.165, 1.54) is 29.1 Å². The van der Waals surface area contributed by atoms with E-state index in [9.17, 15) is 8.78 Å². The Bertz CT molecular complexity index is 794. The average molecular weight is 350 g/mol. The van der Waals surface area contributed by atoms with Gasteiger partial charge in [0.05, 0.1) is 23.1 Å². The summed E-state index contributed by atoms with van der Waals surface area (Å²) in [5.74, 6) is -1.39. The molecule has 0 radical (unpaired) electrons. The first kappa shape index (κ1) is 13.8. The van der Waals surface area contributed by atoms with E-state index in [1.807, 2.05) is 24.3 Å². The van der Waals surface area contributed by atoms with Gasteiger partial charge in [0.1, 0.15) is 17.3 Å². The van der Waals surface area contributed by atoms with Crippen molar-refractivity contribution < 1.29 is 8.78 Å². The van der Waals surface area contributed by atoms with Crippen molar-refractivity contribution in [2.24, 2.45) is 0 Å². The molecule has 3 rings (SSSR count). The number of hydrogen-bond donors (Lipinski definition) is 1. The second-order valence-electron chi connectivity index (χ2n) is 4.43. The Morgan fingerprint density at radius 3 is 2.33 bits per heavy atom. The molecule has 1 aromatic heterocycles. The van der Waals surface area contributed by atoms with E-state index >= 15 is 0 Å². The maximum atomic E-state index is 13.9. The zero-order valence-electron chi connectivity index (χ0n) is 10.7. The lowest BCUT2D eigenvalue weighted by molar-refractivity contribution is 0.588. The van der Waals surface area contributed by atoms with Gasteiger partial charge in [-0.05, 0) is 40.2 Å². The molecule has 0 amide bonds.